The fraction of sp³-hybridized carbons (Fsp3) is 0.296. The molecule has 0 bridgehead atoms. The molecule has 3 rings (SSSR count). The van der Waals surface area contributed by atoms with Gasteiger partial charge in [0.2, 0.25) is 0 Å². The maximum Gasteiger partial charge on any atom is 0.418 e. The number of hydrogen-bond donors (Lipinski definition) is 0. The summed E-state index contributed by atoms with van der Waals surface area (Å²) >= 11 is 5.85. The van der Waals surface area contributed by atoms with Crippen LogP contribution in [0.1, 0.15) is 42.0 Å². The number of nitrogens with zero attached hydrogens (tertiary/aromatic N) is 1. The van der Waals surface area contributed by atoms with Gasteiger partial charge in [-0.05, 0) is 65.1 Å². The van der Waals surface area contributed by atoms with Gasteiger partial charge in [-0.1, -0.05) is 37.6 Å². The number of ether oxygens (including phenoxy) is 2. The number of carbonyl (C=O) groups excluding carboxylic acids is 1. The van der Waals surface area contributed by atoms with Crippen LogP contribution < -0.4 is 9.64 Å². The Morgan fingerprint density at radius 1 is 0.921 bits per heavy atom. The van der Waals surface area contributed by atoms with Gasteiger partial charge >= 0.3 is 18.4 Å². The molecule has 0 N–H and O–H groups in total. The number of hydrogen-bond acceptors (Lipinski definition) is 3. The van der Waals surface area contributed by atoms with Gasteiger partial charge in [0, 0.05) is 10.6 Å². The van der Waals surface area contributed by atoms with Crippen molar-refractivity contribution in [3.05, 3.63) is 81.9 Å². The van der Waals surface area contributed by atoms with Gasteiger partial charge in [0.15, 0.2) is 0 Å². The lowest BCUT2D eigenvalue weighted by Crippen LogP contribution is -2.32. The van der Waals surface area contributed by atoms with E-state index in [9.17, 15) is 31.1 Å². The van der Waals surface area contributed by atoms with Crippen LogP contribution in [0.15, 0.2) is 54.6 Å². The highest BCUT2D eigenvalue weighted by Crippen LogP contribution is 2.42. The van der Waals surface area contributed by atoms with E-state index in [0.29, 0.717) is 33.9 Å². The maximum atomic E-state index is 14.1. The second kappa shape index (κ2) is 11.1. The van der Waals surface area contributed by atoms with Crippen molar-refractivity contribution in [3.63, 3.8) is 0 Å². The average molecular weight is 560 g/mol. The SMILES string of the molecule is COC(=O)N(Cc1cc(Cl)cc(C(F)(F)F)c1)c1cc(-c2cc(C(C)C)ccc2OC)ccc1C(F)(F)F. The number of carbonyl (C=O) groups is 1. The van der Waals surface area contributed by atoms with Gasteiger partial charge in [-0.15, -0.1) is 0 Å². The third-order valence-electron chi connectivity index (χ3n) is 5.82. The van der Waals surface area contributed by atoms with Crippen molar-refractivity contribution in [3.8, 4) is 16.9 Å². The first kappa shape index (κ1) is 29.2. The molecule has 0 unspecified atom stereocenters. The zero-order valence-corrected chi connectivity index (χ0v) is 21.6. The second-order valence-corrected chi connectivity index (χ2v) is 9.18. The molecule has 0 heterocycles. The Balaban J connectivity index is 2.24. The largest absolute Gasteiger partial charge is 0.496 e. The van der Waals surface area contributed by atoms with E-state index in [1.54, 1.807) is 12.1 Å². The summed E-state index contributed by atoms with van der Waals surface area (Å²) in [7, 11) is 2.37. The molecule has 0 saturated carbocycles. The van der Waals surface area contributed by atoms with E-state index in [-0.39, 0.29) is 16.5 Å². The maximum absolute atomic E-state index is 14.1. The van der Waals surface area contributed by atoms with E-state index in [4.69, 9.17) is 21.1 Å². The fourth-order valence-corrected chi connectivity index (χ4v) is 4.18. The molecular formula is C27H24ClF6NO3. The number of halogens is 7. The molecule has 1 amide bonds. The fourth-order valence-electron chi connectivity index (χ4n) is 3.92. The first-order valence-electron chi connectivity index (χ1n) is 11.3. The van der Waals surface area contributed by atoms with Gasteiger partial charge in [0.05, 0.1) is 37.6 Å². The number of alkyl halides is 6. The minimum Gasteiger partial charge on any atom is -0.496 e. The van der Waals surface area contributed by atoms with Crippen LogP contribution in [-0.4, -0.2) is 20.3 Å². The van der Waals surface area contributed by atoms with E-state index < -0.39 is 41.8 Å². The normalized spacial score (nSPS) is 12.0. The number of anilines is 1. The summed E-state index contributed by atoms with van der Waals surface area (Å²) in [5.74, 6) is 0.486. The molecule has 204 valence electrons. The summed E-state index contributed by atoms with van der Waals surface area (Å²) in [6, 6.07) is 11.0. The molecule has 0 aliphatic heterocycles. The number of rotatable bonds is 6. The van der Waals surface area contributed by atoms with Crippen molar-refractivity contribution >= 4 is 23.4 Å². The summed E-state index contributed by atoms with van der Waals surface area (Å²) < 4.78 is 92.3. The van der Waals surface area contributed by atoms with Crippen molar-refractivity contribution in [2.75, 3.05) is 19.1 Å². The van der Waals surface area contributed by atoms with Crippen molar-refractivity contribution in [2.24, 2.45) is 0 Å². The van der Waals surface area contributed by atoms with E-state index in [1.165, 1.54) is 13.2 Å². The second-order valence-electron chi connectivity index (χ2n) is 8.75. The predicted octanol–water partition coefficient (Wildman–Crippen LogP) is 8.95. The Kier molecular flexibility index (Phi) is 8.55. The van der Waals surface area contributed by atoms with Crippen LogP contribution in [0, 0.1) is 0 Å². The van der Waals surface area contributed by atoms with Crippen molar-refractivity contribution < 1.29 is 40.6 Å². The lowest BCUT2D eigenvalue weighted by atomic mass is 9.95. The molecule has 0 aliphatic rings. The van der Waals surface area contributed by atoms with Crippen LogP contribution in [0.5, 0.6) is 5.75 Å². The molecule has 0 aliphatic carbocycles. The van der Waals surface area contributed by atoms with Crippen LogP contribution in [0.25, 0.3) is 11.1 Å². The Labute approximate surface area is 220 Å². The standard InChI is InChI=1S/C27H24ClF6NO3/c1-15(2)17-6-8-24(37-3)21(11-17)18-5-7-22(27(32,33)34)23(12-18)35(25(36)38-4)14-16-9-19(26(29,30)31)13-20(28)10-16/h5-13,15H,14H2,1-4H3. The van der Waals surface area contributed by atoms with Crippen LogP contribution in [0.2, 0.25) is 5.02 Å². The Morgan fingerprint density at radius 3 is 2.16 bits per heavy atom. The first-order chi connectivity index (χ1) is 17.6. The monoisotopic (exact) mass is 559 g/mol. The smallest absolute Gasteiger partial charge is 0.418 e. The van der Waals surface area contributed by atoms with Crippen molar-refractivity contribution in [2.45, 2.75) is 38.7 Å². The predicted molar refractivity (Wildman–Crippen MR) is 133 cm³/mol. The first-order valence-corrected chi connectivity index (χ1v) is 11.6. The van der Waals surface area contributed by atoms with Gasteiger partial charge in [0.25, 0.3) is 0 Å². The highest BCUT2D eigenvalue weighted by atomic mass is 35.5. The lowest BCUT2D eigenvalue weighted by Gasteiger charge is -2.26. The van der Waals surface area contributed by atoms with Gasteiger partial charge in [-0.2, -0.15) is 26.3 Å². The van der Waals surface area contributed by atoms with Gasteiger partial charge in [0.1, 0.15) is 5.75 Å². The van der Waals surface area contributed by atoms with Crippen LogP contribution in [0.3, 0.4) is 0 Å². The molecule has 11 heteroatoms. The van der Waals surface area contributed by atoms with Crippen LogP contribution in [0.4, 0.5) is 36.8 Å². The van der Waals surface area contributed by atoms with Crippen molar-refractivity contribution in [1.82, 2.24) is 0 Å². The summed E-state index contributed by atoms with van der Waals surface area (Å²) in [6.45, 7) is 3.22. The molecule has 38 heavy (non-hydrogen) atoms. The third-order valence-corrected chi connectivity index (χ3v) is 6.03. The molecule has 0 spiro atoms. The molecular weight excluding hydrogens is 536 g/mol. The van der Waals surface area contributed by atoms with E-state index >= 15 is 0 Å². The average Bonchev–Trinajstić information content (AvgIpc) is 2.84. The molecule has 3 aromatic rings. The summed E-state index contributed by atoms with van der Waals surface area (Å²) in [6.07, 6.45) is -10.9. The molecule has 3 aromatic carbocycles. The zero-order valence-electron chi connectivity index (χ0n) is 20.8. The minimum atomic E-state index is -4.89. The molecule has 0 aromatic heterocycles. The highest BCUT2D eigenvalue weighted by Gasteiger charge is 2.37. The third kappa shape index (κ3) is 6.53. The Morgan fingerprint density at radius 2 is 1.61 bits per heavy atom. The van der Waals surface area contributed by atoms with E-state index in [2.05, 4.69) is 0 Å². The minimum absolute atomic E-state index is 0.103. The number of benzene rings is 3. The lowest BCUT2D eigenvalue weighted by molar-refractivity contribution is -0.138. The van der Waals surface area contributed by atoms with Crippen molar-refractivity contribution in [1.29, 1.82) is 0 Å². The van der Waals surface area contributed by atoms with Gasteiger partial charge < -0.3 is 9.47 Å². The Bertz CT molecular complexity index is 1320. The quantitative estimate of drug-likeness (QED) is 0.283. The molecule has 0 fully saturated rings. The molecule has 4 nitrogen and oxygen atoms in total. The summed E-state index contributed by atoms with van der Waals surface area (Å²) in [5.41, 5.74) is -1.37. The van der Waals surface area contributed by atoms with Gasteiger partial charge in [-0.25, -0.2) is 4.79 Å². The van der Waals surface area contributed by atoms with Crippen LogP contribution in [-0.2, 0) is 23.6 Å². The van der Waals surface area contributed by atoms with Crippen LogP contribution >= 0.6 is 11.6 Å². The van der Waals surface area contributed by atoms with E-state index in [1.807, 2.05) is 19.9 Å². The highest BCUT2D eigenvalue weighted by molar-refractivity contribution is 6.30. The van der Waals surface area contributed by atoms with Gasteiger partial charge in [-0.3, -0.25) is 4.90 Å². The van der Waals surface area contributed by atoms with E-state index in [0.717, 1.165) is 30.9 Å². The molecule has 0 atom stereocenters. The topological polar surface area (TPSA) is 38.8 Å². The zero-order chi connectivity index (χ0) is 28.4. The number of amides is 1. The summed E-state index contributed by atoms with van der Waals surface area (Å²) in [4.78, 5) is 13.4. The molecule has 0 saturated heterocycles. The number of methoxy groups -OCH3 is 2. The molecule has 0 radical (unpaired) electrons. The summed E-state index contributed by atoms with van der Waals surface area (Å²) in [5, 5.41) is -0.292. The Hall–Kier alpha value is -3.40.